The van der Waals surface area contributed by atoms with Crippen LogP contribution >= 0.6 is 0 Å². The SMILES string of the molecule is Cc1ccc(N)cc1N1CC(CN=[N+]=[N-])CC1=O. The number of nitrogens with two attached hydrogens (primary N) is 1. The van der Waals surface area contributed by atoms with E-state index in [-0.39, 0.29) is 11.8 Å². The van der Waals surface area contributed by atoms with Gasteiger partial charge >= 0.3 is 0 Å². The van der Waals surface area contributed by atoms with E-state index in [4.69, 9.17) is 11.3 Å². The molecular weight excluding hydrogens is 230 g/mol. The van der Waals surface area contributed by atoms with Gasteiger partial charge in [-0.05, 0) is 36.1 Å². The average molecular weight is 245 g/mol. The lowest BCUT2D eigenvalue weighted by Crippen LogP contribution is -2.25. The second-order valence-corrected chi connectivity index (χ2v) is 4.53. The van der Waals surface area contributed by atoms with Crippen molar-refractivity contribution in [1.82, 2.24) is 0 Å². The topological polar surface area (TPSA) is 95.1 Å². The first-order valence-electron chi connectivity index (χ1n) is 5.79. The standard InChI is InChI=1S/C12H15N5O/c1-8-2-3-10(13)5-11(8)17-7-9(4-12(17)18)6-15-16-14/h2-3,5,9H,4,6-7,13H2,1H3. The Morgan fingerprint density at radius 3 is 3.11 bits per heavy atom. The van der Waals surface area contributed by atoms with Gasteiger partial charge in [0.05, 0.1) is 0 Å². The fourth-order valence-corrected chi connectivity index (χ4v) is 2.21. The van der Waals surface area contributed by atoms with Crippen molar-refractivity contribution in [1.29, 1.82) is 0 Å². The molecule has 0 saturated carbocycles. The van der Waals surface area contributed by atoms with Crippen LogP contribution in [-0.2, 0) is 4.79 Å². The second-order valence-electron chi connectivity index (χ2n) is 4.53. The number of benzene rings is 1. The molecule has 1 aliphatic rings. The molecule has 0 radical (unpaired) electrons. The normalized spacial score (nSPS) is 18.8. The summed E-state index contributed by atoms with van der Waals surface area (Å²) in [4.78, 5) is 16.4. The number of nitrogens with zero attached hydrogens (tertiary/aromatic N) is 4. The van der Waals surface area contributed by atoms with Crippen molar-refractivity contribution in [2.45, 2.75) is 13.3 Å². The van der Waals surface area contributed by atoms with Gasteiger partial charge in [-0.3, -0.25) is 4.79 Å². The van der Waals surface area contributed by atoms with Crippen LogP contribution in [0.15, 0.2) is 23.3 Å². The van der Waals surface area contributed by atoms with E-state index < -0.39 is 0 Å². The lowest BCUT2D eigenvalue weighted by Gasteiger charge is -2.19. The van der Waals surface area contributed by atoms with Crippen molar-refractivity contribution in [3.63, 3.8) is 0 Å². The Hall–Kier alpha value is -2.20. The minimum atomic E-state index is 0.0573. The number of anilines is 2. The highest BCUT2D eigenvalue weighted by Gasteiger charge is 2.30. The van der Waals surface area contributed by atoms with Crippen LogP contribution in [0.2, 0.25) is 0 Å². The van der Waals surface area contributed by atoms with Gasteiger partial charge in [-0.15, -0.1) is 0 Å². The van der Waals surface area contributed by atoms with Crippen LogP contribution < -0.4 is 10.6 Å². The van der Waals surface area contributed by atoms with Crippen molar-refractivity contribution in [3.05, 3.63) is 34.2 Å². The number of aryl methyl sites for hydroxylation is 1. The molecule has 0 aromatic heterocycles. The smallest absolute Gasteiger partial charge is 0.227 e. The molecule has 1 aliphatic heterocycles. The molecule has 0 bridgehead atoms. The van der Waals surface area contributed by atoms with Crippen molar-refractivity contribution < 1.29 is 4.79 Å². The number of rotatable bonds is 3. The van der Waals surface area contributed by atoms with Crippen molar-refractivity contribution >= 4 is 17.3 Å². The summed E-state index contributed by atoms with van der Waals surface area (Å²) in [6, 6.07) is 5.53. The number of hydrogen-bond acceptors (Lipinski definition) is 3. The number of carbonyl (C=O) groups excluding carboxylic acids is 1. The fourth-order valence-electron chi connectivity index (χ4n) is 2.21. The van der Waals surface area contributed by atoms with Gasteiger partial charge in [-0.2, -0.15) is 0 Å². The first-order valence-corrected chi connectivity index (χ1v) is 5.79. The van der Waals surface area contributed by atoms with Crippen molar-refractivity contribution in [3.8, 4) is 0 Å². The molecule has 1 amide bonds. The van der Waals surface area contributed by atoms with Gasteiger partial charge in [0.2, 0.25) is 5.91 Å². The predicted octanol–water partition coefficient (Wildman–Crippen LogP) is 2.24. The molecule has 1 heterocycles. The van der Waals surface area contributed by atoms with Crippen LogP contribution in [0.5, 0.6) is 0 Å². The summed E-state index contributed by atoms with van der Waals surface area (Å²) in [5, 5.41) is 3.53. The van der Waals surface area contributed by atoms with E-state index in [0.717, 1.165) is 11.3 Å². The van der Waals surface area contributed by atoms with Crippen molar-refractivity contribution in [2.24, 2.45) is 11.0 Å². The van der Waals surface area contributed by atoms with Crippen LogP contribution in [0.4, 0.5) is 11.4 Å². The quantitative estimate of drug-likeness (QED) is 0.382. The van der Waals surface area contributed by atoms with E-state index in [1.165, 1.54) is 0 Å². The van der Waals surface area contributed by atoms with Crippen LogP contribution in [0.3, 0.4) is 0 Å². The highest BCUT2D eigenvalue weighted by atomic mass is 16.2. The maximum absolute atomic E-state index is 12.0. The molecule has 94 valence electrons. The minimum absolute atomic E-state index is 0.0573. The summed E-state index contributed by atoms with van der Waals surface area (Å²) in [5.74, 6) is 0.149. The molecule has 6 heteroatoms. The molecule has 1 saturated heterocycles. The monoisotopic (exact) mass is 245 g/mol. The third-order valence-corrected chi connectivity index (χ3v) is 3.13. The molecule has 1 aromatic carbocycles. The molecule has 1 atom stereocenters. The summed E-state index contributed by atoms with van der Waals surface area (Å²) in [7, 11) is 0. The highest BCUT2D eigenvalue weighted by Crippen LogP contribution is 2.29. The third-order valence-electron chi connectivity index (χ3n) is 3.13. The minimum Gasteiger partial charge on any atom is -0.399 e. The van der Waals surface area contributed by atoms with Gasteiger partial charge in [0.25, 0.3) is 0 Å². The Labute approximate surface area is 105 Å². The Morgan fingerprint density at radius 2 is 2.39 bits per heavy atom. The Balaban J connectivity index is 2.21. The van der Waals surface area contributed by atoms with Gasteiger partial charge in [-0.25, -0.2) is 0 Å². The first kappa shape index (κ1) is 12.3. The zero-order valence-corrected chi connectivity index (χ0v) is 10.2. The summed E-state index contributed by atoms with van der Waals surface area (Å²) in [5.41, 5.74) is 16.6. The molecule has 18 heavy (non-hydrogen) atoms. The Bertz CT molecular complexity index is 521. The zero-order chi connectivity index (χ0) is 13.1. The number of azide groups is 1. The van der Waals surface area contributed by atoms with E-state index in [0.29, 0.717) is 25.2 Å². The Morgan fingerprint density at radius 1 is 1.61 bits per heavy atom. The van der Waals surface area contributed by atoms with Crippen LogP contribution in [-0.4, -0.2) is 19.0 Å². The van der Waals surface area contributed by atoms with Gasteiger partial charge in [0.15, 0.2) is 0 Å². The summed E-state index contributed by atoms with van der Waals surface area (Å²) < 4.78 is 0. The van der Waals surface area contributed by atoms with E-state index in [1.807, 2.05) is 25.1 Å². The van der Waals surface area contributed by atoms with E-state index >= 15 is 0 Å². The number of hydrogen-bond donors (Lipinski definition) is 1. The molecule has 2 rings (SSSR count). The van der Waals surface area contributed by atoms with Crippen molar-refractivity contribution in [2.75, 3.05) is 23.7 Å². The molecule has 2 N–H and O–H groups in total. The van der Waals surface area contributed by atoms with Gasteiger partial charge < -0.3 is 10.6 Å². The lowest BCUT2D eigenvalue weighted by molar-refractivity contribution is -0.117. The number of carbonyl (C=O) groups is 1. The molecule has 1 unspecified atom stereocenters. The molecule has 1 aromatic rings. The predicted molar refractivity (Wildman–Crippen MR) is 70.1 cm³/mol. The van der Waals surface area contributed by atoms with Crippen LogP contribution in [0.25, 0.3) is 10.4 Å². The van der Waals surface area contributed by atoms with Gasteiger partial charge in [0, 0.05) is 35.8 Å². The zero-order valence-electron chi connectivity index (χ0n) is 10.2. The second kappa shape index (κ2) is 4.98. The van der Waals surface area contributed by atoms with E-state index in [2.05, 4.69) is 10.0 Å². The van der Waals surface area contributed by atoms with Crippen LogP contribution in [0.1, 0.15) is 12.0 Å². The van der Waals surface area contributed by atoms with Gasteiger partial charge in [0.1, 0.15) is 0 Å². The fraction of sp³-hybridized carbons (Fsp3) is 0.417. The molecule has 0 aliphatic carbocycles. The molecule has 6 nitrogen and oxygen atoms in total. The third kappa shape index (κ3) is 2.38. The Kier molecular flexibility index (Phi) is 3.39. The molecule has 0 spiro atoms. The maximum Gasteiger partial charge on any atom is 0.227 e. The largest absolute Gasteiger partial charge is 0.399 e. The number of nitrogen functional groups attached to an aromatic ring is 1. The molecule has 1 fully saturated rings. The highest BCUT2D eigenvalue weighted by molar-refractivity contribution is 5.96. The summed E-state index contributed by atoms with van der Waals surface area (Å²) in [6.45, 7) is 2.89. The lowest BCUT2D eigenvalue weighted by atomic mass is 10.1. The molecular formula is C12H15N5O. The maximum atomic E-state index is 12.0. The van der Waals surface area contributed by atoms with E-state index in [1.54, 1.807) is 4.90 Å². The first-order chi connectivity index (χ1) is 8.61. The van der Waals surface area contributed by atoms with Gasteiger partial charge in [-0.1, -0.05) is 11.2 Å². The van der Waals surface area contributed by atoms with Crippen LogP contribution in [0, 0.1) is 12.8 Å². The average Bonchev–Trinajstić information content (AvgIpc) is 2.71. The summed E-state index contributed by atoms with van der Waals surface area (Å²) >= 11 is 0. The van der Waals surface area contributed by atoms with E-state index in [9.17, 15) is 4.79 Å². The summed E-state index contributed by atoms with van der Waals surface area (Å²) in [6.07, 6.45) is 0.424. The number of amides is 1.